The highest BCUT2D eigenvalue weighted by molar-refractivity contribution is 5.98. The molecule has 3 N–H and O–H groups in total. The van der Waals surface area contributed by atoms with Gasteiger partial charge in [0.25, 0.3) is 5.91 Å². The van der Waals surface area contributed by atoms with Gasteiger partial charge >= 0.3 is 0 Å². The van der Waals surface area contributed by atoms with Crippen LogP contribution < -0.4 is 11.1 Å². The second kappa shape index (κ2) is 5.35. The third-order valence-electron chi connectivity index (χ3n) is 4.00. The van der Waals surface area contributed by atoms with Crippen LogP contribution in [0.25, 0.3) is 16.9 Å². The molecule has 0 aromatic carbocycles. The Labute approximate surface area is 137 Å². The summed E-state index contributed by atoms with van der Waals surface area (Å²) in [6, 6.07) is 9.80. The molecule has 1 saturated carbocycles. The first-order valence-corrected chi connectivity index (χ1v) is 7.60. The molecule has 0 radical (unpaired) electrons. The van der Waals surface area contributed by atoms with E-state index >= 15 is 0 Å². The molecule has 7 nitrogen and oxygen atoms in total. The van der Waals surface area contributed by atoms with Gasteiger partial charge < -0.3 is 11.1 Å². The zero-order valence-corrected chi connectivity index (χ0v) is 12.7. The summed E-state index contributed by atoms with van der Waals surface area (Å²) in [5.41, 5.74) is 9.28. The van der Waals surface area contributed by atoms with E-state index < -0.39 is 5.91 Å². The van der Waals surface area contributed by atoms with Crippen molar-refractivity contribution in [2.45, 2.75) is 18.9 Å². The first-order chi connectivity index (χ1) is 11.7. The SMILES string of the molecule is N#Cc1cnn2c(-c3cc(NC4CC4)c(C(N)=O)cn3)ccc2c1. The Bertz CT molecular complexity index is 996. The van der Waals surface area contributed by atoms with Crippen molar-refractivity contribution < 1.29 is 4.79 Å². The van der Waals surface area contributed by atoms with Gasteiger partial charge in [-0.1, -0.05) is 0 Å². The number of carbonyl (C=O) groups is 1. The molecule has 1 fully saturated rings. The number of nitrogens with two attached hydrogens (primary N) is 1. The van der Waals surface area contributed by atoms with E-state index in [1.54, 1.807) is 10.6 Å². The summed E-state index contributed by atoms with van der Waals surface area (Å²) in [4.78, 5) is 16.0. The first kappa shape index (κ1) is 14.2. The Morgan fingerprint density at radius 2 is 2.17 bits per heavy atom. The number of nitrogens with zero attached hydrogens (tertiary/aromatic N) is 4. The lowest BCUT2D eigenvalue weighted by molar-refractivity contribution is 0.100. The fourth-order valence-electron chi connectivity index (χ4n) is 2.61. The zero-order chi connectivity index (χ0) is 16.7. The molecule has 7 heteroatoms. The minimum Gasteiger partial charge on any atom is -0.382 e. The van der Waals surface area contributed by atoms with Crippen LogP contribution in [0.1, 0.15) is 28.8 Å². The average molecular weight is 318 g/mol. The van der Waals surface area contributed by atoms with Crippen molar-refractivity contribution in [2.75, 3.05) is 5.32 Å². The van der Waals surface area contributed by atoms with Crippen LogP contribution in [-0.4, -0.2) is 26.5 Å². The summed E-state index contributed by atoms with van der Waals surface area (Å²) in [5, 5.41) is 16.6. The number of hydrogen-bond donors (Lipinski definition) is 2. The summed E-state index contributed by atoms with van der Waals surface area (Å²) in [5.74, 6) is -0.506. The van der Waals surface area contributed by atoms with Gasteiger partial charge in [-0.25, -0.2) is 4.52 Å². The molecule has 3 aromatic heterocycles. The minimum absolute atomic E-state index is 0.381. The molecule has 118 valence electrons. The van der Waals surface area contributed by atoms with Gasteiger partial charge in [-0.05, 0) is 37.1 Å². The van der Waals surface area contributed by atoms with Crippen molar-refractivity contribution in [1.82, 2.24) is 14.6 Å². The highest BCUT2D eigenvalue weighted by Crippen LogP contribution is 2.29. The Hall–Kier alpha value is -3.40. The van der Waals surface area contributed by atoms with Crippen LogP contribution in [0.4, 0.5) is 5.69 Å². The van der Waals surface area contributed by atoms with Gasteiger partial charge in [-0.3, -0.25) is 9.78 Å². The maximum Gasteiger partial charge on any atom is 0.252 e. The van der Waals surface area contributed by atoms with E-state index in [9.17, 15) is 4.79 Å². The smallest absolute Gasteiger partial charge is 0.252 e. The topological polar surface area (TPSA) is 109 Å². The number of nitrogens with one attached hydrogen (secondary N) is 1. The van der Waals surface area contributed by atoms with Crippen molar-refractivity contribution in [3.05, 3.63) is 47.8 Å². The summed E-state index contributed by atoms with van der Waals surface area (Å²) < 4.78 is 1.72. The molecule has 3 aromatic rings. The lowest BCUT2D eigenvalue weighted by Gasteiger charge is -2.11. The molecule has 0 spiro atoms. The van der Waals surface area contributed by atoms with Crippen LogP contribution in [0.3, 0.4) is 0 Å². The van der Waals surface area contributed by atoms with Gasteiger partial charge in [0.05, 0.1) is 39.9 Å². The van der Waals surface area contributed by atoms with E-state index in [1.165, 1.54) is 12.4 Å². The number of aromatic nitrogens is 3. The number of fused-ring (bicyclic) bond motifs is 1. The largest absolute Gasteiger partial charge is 0.382 e. The quantitative estimate of drug-likeness (QED) is 0.764. The summed E-state index contributed by atoms with van der Waals surface area (Å²) >= 11 is 0. The van der Waals surface area contributed by atoms with E-state index in [2.05, 4.69) is 21.5 Å². The Morgan fingerprint density at radius 1 is 1.33 bits per heavy atom. The van der Waals surface area contributed by atoms with Crippen molar-refractivity contribution in [1.29, 1.82) is 5.26 Å². The first-order valence-electron chi connectivity index (χ1n) is 7.60. The Balaban J connectivity index is 1.81. The van der Waals surface area contributed by atoms with E-state index in [0.29, 0.717) is 28.6 Å². The maximum atomic E-state index is 11.6. The van der Waals surface area contributed by atoms with E-state index in [4.69, 9.17) is 11.0 Å². The van der Waals surface area contributed by atoms with Crippen molar-refractivity contribution in [2.24, 2.45) is 5.73 Å². The normalized spacial score (nSPS) is 13.6. The number of pyridine rings is 1. The average Bonchev–Trinajstić information content (AvgIpc) is 3.30. The van der Waals surface area contributed by atoms with E-state index in [-0.39, 0.29) is 0 Å². The molecule has 1 amide bonds. The minimum atomic E-state index is -0.506. The van der Waals surface area contributed by atoms with Gasteiger partial charge in [-0.15, -0.1) is 0 Å². The molecule has 4 rings (SSSR count). The van der Waals surface area contributed by atoms with Crippen molar-refractivity contribution in [3.8, 4) is 17.5 Å². The van der Waals surface area contributed by atoms with Crippen LogP contribution in [0, 0.1) is 11.3 Å². The fraction of sp³-hybridized carbons (Fsp3) is 0.176. The molecule has 0 bridgehead atoms. The second-order valence-electron chi connectivity index (χ2n) is 5.81. The molecule has 0 aliphatic heterocycles. The number of anilines is 1. The van der Waals surface area contributed by atoms with Crippen LogP contribution in [0.5, 0.6) is 0 Å². The van der Waals surface area contributed by atoms with Crippen LogP contribution in [-0.2, 0) is 0 Å². The lowest BCUT2D eigenvalue weighted by atomic mass is 10.1. The third-order valence-corrected chi connectivity index (χ3v) is 4.00. The van der Waals surface area contributed by atoms with Crippen LogP contribution >= 0.6 is 0 Å². The van der Waals surface area contributed by atoms with Crippen LogP contribution in [0.2, 0.25) is 0 Å². The molecule has 1 aliphatic carbocycles. The standard InChI is InChI=1S/C17H14N6O/c18-7-10-5-12-3-4-16(23(12)21-8-10)15-6-14(22-11-1-2-11)13(9-20-15)17(19)24/h3-6,8-9,11H,1-2H2,(H2,19,24)(H,20,22). The lowest BCUT2D eigenvalue weighted by Crippen LogP contribution is -2.16. The van der Waals surface area contributed by atoms with Gasteiger partial charge in [0.15, 0.2) is 0 Å². The van der Waals surface area contributed by atoms with Gasteiger partial charge in [0.2, 0.25) is 0 Å². The third kappa shape index (κ3) is 2.44. The Morgan fingerprint density at radius 3 is 2.88 bits per heavy atom. The van der Waals surface area contributed by atoms with Gasteiger partial charge in [0, 0.05) is 12.2 Å². The van der Waals surface area contributed by atoms with Gasteiger partial charge in [0.1, 0.15) is 6.07 Å². The monoisotopic (exact) mass is 318 g/mol. The van der Waals surface area contributed by atoms with Crippen molar-refractivity contribution in [3.63, 3.8) is 0 Å². The summed E-state index contributed by atoms with van der Waals surface area (Å²) in [7, 11) is 0. The fourth-order valence-corrected chi connectivity index (χ4v) is 2.61. The molecule has 0 unspecified atom stereocenters. The highest BCUT2D eigenvalue weighted by Gasteiger charge is 2.23. The number of primary amides is 1. The molecule has 1 aliphatic rings. The predicted octanol–water partition coefficient (Wildman–Crippen LogP) is 1.94. The van der Waals surface area contributed by atoms with E-state index in [0.717, 1.165) is 24.1 Å². The Kier molecular flexibility index (Phi) is 3.17. The molecular formula is C17H14N6O. The van der Waals surface area contributed by atoms with Gasteiger partial charge in [-0.2, -0.15) is 10.4 Å². The molecule has 0 atom stereocenters. The number of rotatable bonds is 4. The molecule has 24 heavy (non-hydrogen) atoms. The molecule has 3 heterocycles. The maximum absolute atomic E-state index is 11.6. The number of carbonyl (C=O) groups excluding carboxylic acids is 1. The predicted molar refractivity (Wildman–Crippen MR) is 88.3 cm³/mol. The van der Waals surface area contributed by atoms with Crippen LogP contribution in [0.15, 0.2) is 36.7 Å². The zero-order valence-electron chi connectivity index (χ0n) is 12.7. The second-order valence-corrected chi connectivity index (χ2v) is 5.81. The van der Waals surface area contributed by atoms with E-state index in [1.807, 2.05) is 18.2 Å². The summed E-state index contributed by atoms with van der Waals surface area (Å²) in [6.45, 7) is 0. The summed E-state index contributed by atoms with van der Waals surface area (Å²) in [6.07, 6.45) is 5.17. The number of amides is 1. The van der Waals surface area contributed by atoms with Crippen molar-refractivity contribution >= 4 is 17.1 Å². The number of hydrogen-bond acceptors (Lipinski definition) is 5. The highest BCUT2D eigenvalue weighted by atomic mass is 16.1. The molecular weight excluding hydrogens is 304 g/mol. The number of nitriles is 1. The molecule has 0 saturated heterocycles.